The minimum absolute atomic E-state index is 0.0758. The number of unbranched alkanes of at least 4 members (excludes halogenated alkanes) is 4. The summed E-state index contributed by atoms with van der Waals surface area (Å²) in [7, 11) is 3.23. The molecule has 0 amide bonds. The topological polar surface area (TPSA) is 63.2 Å². The summed E-state index contributed by atoms with van der Waals surface area (Å²) in [6.07, 6.45) is 10.1. The first-order valence-electron chi connectivity index (χ1n) is 10.0. The van der Waals surface area contributed by atoms with Gasteiger partial charge in [-0.05, 0) is 32.6 Å². The third-order valence-electron chi connectivity index (χ3n) is 6.10. The van der Waals surface area contributed by atoms with E-state index in [9.17, 15) is 4.79 Å². The lowest BCUT2D eigenvalue weighted by molar-refractivity contribution is -0.136. The molecule has 3 atom stereocenters. The van der Waals surface area contributed by atoms with Crippen LogP contribution in [0.15, 0.2) is 16.3 Å². The molecule has 0 aromatic carbocycles. The van der Waals surface area contributed by atoms with E-state index in [4.69, 9.17) is 14.5 Å². The van der Waals surface area contributed by atoms with Gasteiger partial charge in [0.2, 0.25) is 5.96 Å². The normalized spacial score (nSPS) is 30.0. The van der Waals surface area contributed by atoms with E-state index in [-0.39, 0.29) is 12.0 Å². The van der Waals surface area contributed by atoms with Crippen LogP contribution in [0.4, 0.5) is 0 Å². The number of methoxy groups -OCH3 is 2. The summed E-state index contributed by atoms with van der Waals surface area (Å²) in [5.41, 5.74) is 1.17. The maximum atomic E-state index is 12.2. The number of guanidine groups is 1. The van der Waals surface area contributed by atoms with Gasteiger partial charge in [-0.2, -0.15) is 0 Å². The van der Waals surface area contributed by atoms with Gasteiger partial charge >= 0.3 is 5.97 Å². The standard InChI is InChI=1S/C20H33N3O3/c1-5-6-7-8-9-12-20(26-4)13-15-10-11-16-17(18(24)25-3)14(2)21-19(22-20)23(15)16/h15-16H,5-13H2,1-4H3,(H,21,22)/t15-,16+,20-/m1/s1. The van der Waals surface area contributed by atoms with Crippen LogP contribution in [0.25, 0.3) is 0 Å². The number of hydrogen-bond donors (Lipinski definition) is 1. The summed E-state index contributed by atoms with van der Waals surface area (Å²) in [5.74, 6) is 0.628. The molecule has 3 heterocycles. The fourth-order valence-electron chi connectivity index (χ4n) is 4.72. The number of ether oxygens (including phenoxy) is 2. The van der Waals surface area contributed by atoms with Gasteiger partial charge in [0.05, 0.1) is 18.7 Å². The molecule has 146 valence electrons. The fraction of sp³-hybridized carbons (Fsp3) is 0.800. The second kappa shape index (κ2) is 7.99. The molecular formula is C20H33N3O3. The molecule has 3 aliphatic rings. The van der Waals surface area contributed by atoms with Crippen LogP contribution < -0.4 is 5.32 Å². The Bertz CT molecular complexity index is 601. The van der Waals surface area contributed by atoms with Crippen molar-refractivity contribution in [2.45, 2.75) is 89.4 Å². The summed E-state index contributed by atoms with van der Waals surface area (Å²) in [5, 5.41) is 3.36. The number of nitrogens with zero attached hydrogens (tertiary/aromatic N) is 2. The Kier molecular flexibility index (Phi) is 5.90. The maximum Gasteiger partial charge on any atom is 0.337 e. The van der Waals surface area contributed by atoms with Crippen LogP contribution in [0.3, 0.4) is 0 Å². The van der Waals surface area contributed by atoms with Crippen LogP contribution >= 0.6 is 0 Å². The number of aliphatic imine (C=N–C) groups is 1. The van der Waals surface area contributed by atoms with Crippen LogP contribution in [0.1, 0.15) is 71.6 Å². The predicted octanol–water partition coefficient (Wildman–Crippen LogP) is 3.33. The zero-order chi connectivity index (χ0) is 18.7. The lowest BCUT2D eigenvalue weighted by Gasteiger charge is -2.46. The maximum absolute atomic E-state index is 12.2. The smallest absolute Gasteiger partial charge is 0.337 e. The lowest BCUT2D eigenvalue weighted by Crippen LogP contribution is -2.59. The Hall–Kier alpha value is -1.56. The van der Waals surface area contributed by atoms with Gasteiger partial charge in [0.15, 0.2) is 5.72 Å². The van der Waals surface area contributed by atoms with E-state index in [0.29, 0.717) is 6.04 Å². The van der Waals surface area contributed by atoms with Crippen LogP contribution in [0.2, 0.25) is 0 Å². The van der Waals surface area contributed by atoms with Gasteiger partial charge in [-0.3, -0.25) is 0 Å². The van der Waals surface area contributed by atoms with Crippen molar-refractivity contribution >= 4 is 11.9 Å². The lowest BCUT2D eigenvalue weighted by atomic mass is 9.94. The van der Waals surface area contributed by atoms with Crippen LogP contribution in [-0.4, -0.2) is 48.9 Å². The molecular weight excluding hydrogens is 330 g/mol. The summed E-state index contributed by atoms with van der Waals surface area (Å²) in [6.45, 7) is 4.18. The van der Waals surface area contributed by atoms with Crippen molar-refractivity contribution in [2.24, 2.45) is 4.99 Å². The number of hydrogen-bond acceptors (Lipinski definition) is 6. The number of allylic oxidation sites excluding steroid dienone is 1. The highest BCUT2D eigenvalue weighted by molar-refractivity contribution is 5.96. The van der Waals surface area contributed by atoms with Crippen molar-refractivity contribution in [2.75, 3.05) is 14.2 Å². The minimum Gasteiger partial charge on any atom is -0.466 e. The Morgan fingerprint density at radius 3 is 2.73 bits per heavy atom. The quantitative estimate of drug-likeness (QED) is 0.529. The second-order valence-electron chi connectivity index (χ2n) is 7.76. The van der Waals surface area contributed by atoms with Gasteiger partial charge in [-0.1, -0.05) is 32.6 Å². The number of rotatable bonds is 8. The largest absolute Gasteiger partial charge is 0.466 e. The second-order valence-corrected chi connectivity index (χ2v) is 7.76. The first kappa shape index (κ1) is 19.2. The van der Waals surface area contributed by atoms with Crippen LogP contribution in [0, 0.1) is 0 Å². The van der Waals surface area contributed by atoms with E-state index >= 15 is 0 Å². The summed E-state index contributed by atoms with van der Waals surface area (Å²) >= 11 is 0. The van der Waals surface area contributed by atoms with Crippen molar-refractivity contribution in [3.63, 3.8) is 0 Å². The van der Waals surface area contributed by atoms with E-state index < -0.39 is 5.72 Å². The van der Waals surface area contributed by atoms with Gasteiger partial charge in [0.25, 0.3) is 0 Å². The van der Waals surface area contributed by atoms with Crippen molar-refractivity contribution < 1.29 is 14.3 Å². The van der Waals surface area contributed by atoms with Gasteiger partial charge in [-0.15, -0.1) is 0 Å². The van der Waals surface area contributed by atoms with Gasteiger partial charge in [0, 0.05) is 25.3 Å². The number of nitrogens with one attached hydrogen (secondary N) is 1. The third-order valence-corrected chi connectivity index (χ3v) is 6.10. The van der Waals surface area contributed by atoms with E-state index in [2.05, 4.69) is 17.1 Å². The molecule has 26 heavy (non-hydrogen) atoms. The van der Waals surface area contributed by atoms with E-state index in [1.165, 1.54) is 32.8 Å². The molecule has 3 rings (SSSR count). The predicted molar refractivity (Wildman–Crippen MR) is 102 cm³/mol. The first-order chi connectivity index (χ1) is 12.5. The molecule has 1 fully saturated rings. The van der Waals surface area contributed by atoms with Crippen LogP contribution in [-0.2, 0) is 14.3 Å². The average Bonchev–Trinajstić information content (AvgIpc) is 3.05. The molecule has 3 aliphatic heterocycles. The molecule has 1 N–H and O–H groups in total. The highest BCUT2D eigenvalue weighted by atomic mass is 16.5. The van der Waals surface area contributed by atoms with Gasteiger partial charge in [0.1, 0.15) is 0 Å². The summed E-state index contributed by atoms with van der Waals surface area (Å²) < 4.78 is 11.0. The minimum atomic E-state index is -0.437. The molecule has 0 radical (unpaired) electrons. The zero-order valence-corrected chi connectivity index (χ0v) is 16.6. The van der Waals surface area contributed by atoms with Gasteiger partial charge in [-0.25, -0.2) is 9.79 Å². The first-order valence-corrected chi connectivity index (χ1v) is 10.0. The molecule has 0 spiro atoms. The Morgan fingerprint density at radius 1 is 1.27 bits per heavy atom. The van der Waals surface area contributed by atoms with Crippen LogP contribution in [0.5, 0.6) is 0 Å². The average molecular weight is 364 g/mol. The molecule has 6 heteroatoms. The monoisotopic (exact) mass is 363 g/mol. The summed E-state index contributed by atoms with van der Waals surface area (Å²) in [4.78, 5) is 19.5. The molecule has 0 aliphatic carbocycles. The highest BCUT2D eigenvalue weighted by Crippen LogP contribution is 2.42. The molecule has 1 saturated heterocycles. The molecule has 0 saturated carbocycles. The van der Waals surface area contributed by atoms with Gasteiger partial charge < -0.3 is 19.7 Å². The molecule has 0 aromatic rings. The molecule has 0 aromatic heterocycles. The fourth-order valence-corrected chi connectivity index (χ4v) is 4.72. The SMILES string of the molecule is CCCCCCC[C@@]1(OC)C[C@H]2CC[C@H]3C(C(=O)OC)=C(C)NC(=N1)N23. The molecule has 0 bridgehead atoms. The Labute approximate surface area is 157 Å². The van der Waals surface area contributed by atoms with Crippen molar-refractivity contribution in [1.82, 2.24) is 10.2 Å². The van der Waals surface area contributed by atoms with Crippen molar-refractivity contribution in [1.29, 1.82) is 0 Å². The van der Waals surface area contributed by atoms with E-state index in [1.807, 2.05) is 6.92 Å². The number of esters is 1. The van der Waals surface area contributed by atoms with E-state index in [1.54, 1.807) is 7.11 Å². The van der Waals surface area contributed by atoms with Crippen molar-refractivity contribution in [3.8, 4) is 0 Å². The van der Waals surface area contributed by atoms with E-state index in [0.717, 1.165) is 49.3 Å². The molecule has 0 unspecified atom stereocenters. The summed E-state index contributed by atoms with van der Waals surface area (Å²) in [6, 6.07) is 0.440. The highest BCUT2D eigenvalue weighted by Gasteiger charge is 2.50. The zero-order valence-electron chi connectivity index (χ0n) is 16.6. The third kappa shape index (κ3) is 3.48. The van der Waals surface area contributed by atoms with Crippen molar-refractivity contribution in [3.05, 3.63) is 11.3 Å². The molecule has 6 nitrogen and oxygen atoms in total. The number of carbonyl (C=O) groups excluding carboxylic acids is 1. The Balaban J connectivity index is 1.80. The Morgan fingerprint density at radius 2 is 2.04 bits per heavy atom. The number of carbonyl (C=O) groups is 1.